The molecule has 1 aliphatic heterocycles. The van der Waals surface area contributed by atoms with E-state index in [-0.39, 0.29) is 11.3 Å². The maximum atomic E-state index is 13.2. The van der Waals surface area contributed by atoms with Crippen LogP contribution >= 0.6 is 0 Å². The van der Waals surface area contributed by atoms with Crippen molar-refractivity contribution in [3.8, 4) is 5.75 Å². The number of Topliss-reactive ketones (excluding diaryl/α,β-unsaturated/α-hetero) is 1. The van der Waals surface area contributed by atoms with E-state index in [2.05, 4.69) is 13.8 Å². The van der Waals surface area contributed by atoms with Gasteiger partial charge in [-0.2, -0.15) is 0 Å². The van der Waals surface area contributed by atoms with E-state index in [9.17, 15) is 14.7 Å². The fourth-order valence-electron chi connectivity index (χ4n) is 4.17. The summed E-state index contributed by atoms with van der Waals surface area (Å²) in [5.74, 6) is -0.759. The SMILES string of the molecule is CCCCOc1cccc(C(O)=C2C(=O)C(=O)N(CCCN(C)C)C2c2ccc(CC)cc2)c1. The Kier molecular flexibility index (Phi) is 8.88. The van der Waals surface area contributed by atoms with Crippen LogP contribution in [0.1, 0.15) is 55.8 Å². The molecule has 0 aliphatic carbocycles. The van der Waals surface area contributed by atoms with Crippen molar-refractivity contribution in [2.24, 2.45) is 0 Å². The van der Waals surface area contributed by atoms with Crippen molar-refractivity contribution in [2.75, 3.05) is 33.8 Å². The Hall–Kier alpha value is -3.12. The second-order valence-corrected chi connectivity index (χ2v) is 8.97. The Bertz CT molecular complexity index is 1030. The lowest BCUT2D eigenvalue weighted by Gasteiger charge is -2.26. The third kappa shape index (κ3) is 5.86. The average molecular weight is 465 g/mol. The van der Waals surface area contributed by atoms with E-state index in [4.69, 9.17) is 4.74 Å². The van der Waals surface area contributed by atoms with E-state index in [1.165, 1.54) is 5.56 Å². The van der Waals surface area contributed by atoms with Crippen LogP contribution in [0.5, 0.6) is 5.75 Å². The zero-order chi connectivity index (χ0) is 24.7. The second-order valence-electron chi connectivity index (χ2n) is 8.97. The fourth-order valence-corrected chi connectivity index (χ4v) is 4.17. The predicted molar refractivity (Wildman–Crippen MR) is 135 cm³/mol. The zero-order valence-electron chi connectivity index (χ0n) is 20.7. The molecule has 0 aromatic heterocycles. The maximum absolute atomic E-state index is 13.2. The molecule has 6 nitrogen and oxygen atoms in total. The molecule has 1 unspecified atom stereocenters. The van der Waals surface area contributed by atoms with Crippen LogP contribution in [0, 0.1) is 0 Å². The summed E-state index contributed by atoms with van der Waals surface area (Å²) in [7, 11) is 3.95. The first-order valence-corrected chi connectivity index (χ1v) is 12.1. The van der Waals surface area contributed by atoms with Crippen LogP contribution in [0.15, 0.2) is 54.1 Å². The third-order valence-corrected chi connectivity index (χ3v) is 6.12. The lowest BCUT2D eigenvalue weighted by atomic mass is 9.94. The molecular formula is C28H36N2O4. The third-order valence-electron chi connectivity index (χ3n) is 6.12. The summed E-state index contributed by atoms with van der Waals surface area (Å²) in [6, 6.07) is 14.4. The van der Waals surface area contributed by atoms with Gasteiger partial charge in [0.25, 0.3) is 11.7 Å². The molecule has 1 heterocycles. The van der Waals surface area contributed by atoms with E-state index in [1.807, 2.05) is 49.3 Å². The minimum Gasteiger partial charge on any atom is -0.507 e. The molecule has 1 fully saturated rings. The first kappa shape index (κ1) is 25.5. The second kappa shape index (κ2) is 11.8. The Labute approximate surface area is 202 Å². The molecule has 1 aliphatic rings. The summed E-state index contributed by atoms with van der Waals surface area (Å²) in [4.78, 5) is 29.9. The van der Waals surface area contributed by atoms with Crippen molar-refractivity contribution in [3.05, 3.63) is 70.8 Å². The fraction of sp³-hybridized carbons (Fsp3) is 0.429. The molecule has 0 bridgehead atoms. The van der Waals surface area contributed by atoms with Gasteiger partial charge in [0.1, 0.15) is 11.5 Å². The molecule has 3 rings (SSSR count). The molecule has 182 valence electrons. The number of aliphatic hydroxyl groups excluding tert-OH is 1. The van der Waals surface area contributed by atoms with Gasteiger partial charge in [0.15, 0.2) is 0 Å². The van der Waals surface area contributed by atoms with Gasteiger partial charge in [0.2, 0.25) is 0 Å². The van der Waals surface area contributed by atoms with Crippen LogP contribution in [-0.2, 0) is 16.0 Å². The molecule has 1 amide bonds. The van der Waals surface area contributed by atoms with Crippen LogP contribution in [0.4, 0.5) is 0 Å². The smallest absolute Gasteiger partial charge is 0.295 e. The molecule has 2 aromatic carbocycles. The molecule has 0 saturated carbocycles. The highest BCUT2D eigenvalue weighted by Gasteiger charge is 2.45. The Morgan fingerprint density at radius 3 is 2.44 bits per heavy atom. The molecule has 1 atom stereocenters. The van der Waals surface area contributed by atoms with Gasteiger partial charge in [0.05, 0.1) is 18.2 Å². The summed E-state index contributed by atoms with van der Waals surface area (Å²) < 4.78 is 5.78. The van der Waals surface area contributed by atoms with Crippen LogP contribution in [-0.4, -0.2) is 60.4 Å². The number of carbonyl (C=O) groups excluding carboxylic acids is 2. The van der Waals surface area contributed by atoms with Crippen molar-refractivity contribution in [3.63, 3.8) is 0 Å². The van der Waals surface area contributed by atoms with Gasteiger partial charge in [-0.1, -0.05) is 56.7 Å². The molecule has 2 aromatic rings. The summed E-state index contributed by atoms with van der Waals surface area (Å²) in [5, 5.41) is 11.3. The van der Waals surface area contributed by atoms with Crippen LogP contribution < -0.4 is 4.74 Å². The number of benzene rings is 2. The monoisotopic (exact) mass is 464 g/mol. The summed E-state index contributed by atoms with van der Waals surface area (Å²) >= 11 is 0. The molecule has 34 heavy (non-hydrogen) atoms. The number of aliphatic hydroxyl groups is 1. The largest absolute Gasteiger partial charge is 0.507 e. The van der Waals surface area contributed by atoms with Gasteiger partial charge in [-0.15, -0.1) is 0 Å². The Balaban J connectivity index is 2.02. The zero-order valence-corrected chi connectivity index (χ0v) is 20.7. The van der Waals surface area contributed by atoms with Crippen molar-refractivity contribution in [1.29, 1.82) is 0 Å². The van der Waals surface area contributed by atoms with Crippen molar-refractivity contribution >= 4 is 17.4 Å². The summed E-state index contributed by atoms with van der Waals surface area (Å²) in [5.41, 5.74) is 2.59. The number of amides is 1. The minimum absolute atomic E-state index is 0.129. The maximum Gasteiger partial charge on any atom is 0.295 e. The van der Waals surface area contributed by atoms with E-state index in [0.717, 1.165) is 37.8 Å². The summed E-state index contributed by atoms with van der Waals surface area (Å²) in [6.45, 7) is 5.98. The normalized spacial score (nSPS) is 17.6. The van der Waals surface area contributed by atoms with Gasteiger partial charge < -0.3 is 19.6 Å². The van der Waals surface area contributed by atoms with Gasteiger partial charge >= 0.3 is 0 Å². The van der Waals surface area contributed by atoms with Crippen molar-refractivity contribution < 1.29 is 19.4 Å². The molecule has 0 radical (unpaired) electrons. The molecule has 1 N–H and O–H groups in total. The highest BCUT2D eigenvalue weighted by molar-refractivity contribution is 6.46. The van der Waals surface area contributed by atoms with Crippen LogP contribution in [0.3, 0.4) is 0 Å². The van der Waals surface area contributed by atoms with E-state index >= 15 is 0 Å². The molecule has 6 heteroatoms. The first-order chi connectivity index (χ1) is 16.4. The number of likely N-dealkylation sites (tertiary alicyclic amines) is 1. The highest BCUT2D eigenvalue weighted by atomic mass is 16.5. The number of rotatable bonds is 11. The standard InChI is InChI=1S/C28H36N2O4/c1-5-7-18-34-23-11-8-10-22(19-23)26(31)24-25(21-14-12-20(6-2)13-15-21)30(28(33)27(24)32)17-9-16-29(3)4/h8,10-15,19,25,31H,5-7,9,16-18H2,1-4H3. The van der Waals surface area contributed by atoms with E-state index < -0.39 is 17.7 Å². The number of nitrogens with zero attached hydrogens (tertiary/aromatic N) is 2. The number of unbranched alkanes of at least 4 members (excludes halogenated alkanes) is 1. The number of aryl methyl sites for hydroxylation is 1. The predicted octanol–water partition coefficient (Wildman–Crippen LogP) is 4.80. The number of hydrogen-bond acceptors (Lipinski definition) is 5. The first-order valence-electron chi connectivity index (χ1n) is 12.1. The van der Waals surface area contributed by atoms with Gasteiger partial charge in [-0.25, -0.2) is 0 Å². The number of hydrogen-bond donors (Lipinski definition) is 1. The number of carbonyl (C=O) groups is 2. The Morgan fingerprint density at radius 1 is 1.06 bits per heavy atom. The number of ether oxygens (including phenoxy) is 1. The topological polar surface area (TPSA) is 70.1 Å². The highest BCUT2D eigenvalue weighted by Crippen LogP contribution is 2.40. The van der Waals surface area contributed by atoms with Gasteiger partial charge in [-0.05, 0) is 63.2 Å². The molecule has 0 spiro atoms. The van der Waals surface area contributed by atoms with Crippen LogP contribution in [0.2, 0.25) is 0 Å². The van der Waals surface area contributed by atoms with Gasteiger partial charge in [-0.3, -0.25) is 9.59 Å². The Morgan fingerprint density at radius 2 is 1.79 bits per heavy atom. The molecular weight excluding hydrogens is 428 g/mol. The van der Waals surface area contributed by atoms with E-state index in [1.54, 1.807) is 23.1 Å². The molecule has 1 saturated heterocycles. The van der Waals surface area contributed by atoms with E-state index in [0.29, 0.717) is 24.5 Å². The number of ketones is 1. The van der Waals surface area contributed by atoms with Crippen molar-refractivity contribution in [2.45, 2.75) is 45.6 Å². The van der Waals surface area contributed by atoms with Crippen LogP contribution in [0.25, 0.3) is 5.76 Å². The van der Waals surface area contributed by atoms with Gasteiger partial charge in [0, 0.05) is 12.1 Å². The lowest BCUT2D eigenvalue weighted by molar-refractivity contribution is -0.139. The quantitative estimate of drug-likeness (QED) is 0.224. The average Bonchev–Trinajstić information content (AvgIpc) is 3.09. The summed E-state index contributed by atoms with van der Waals surface area (Å²) in [6.07, 6.45) is 3.58. The minimum atomic E-state index is -0.649. The van der Waals surface area contributed by atoms with Crippen molar-refractivity contribution in [1.82, 2.24) is 9.80 Å². The lowest BCUT2D eigenvalue weighted by Crippen LogP contribution is -2.32.